The van der Waals surface area contributed by atoms with Crippen molar-refractivity contribution in [1.82, 2.24) is 5.32 Å². The minimum Gasteiger partial charge on any atom is -0.385 e. The summed E-state index contributed by atoms with van der Waals surface area (Å²) in [5, 5.41) is 3.65. The van der Waals surface area contributed by atoms with E-state index in [1.54, 1.807) is 7.11 Å². The van der Waals surface area contributed by atoms with Crippen molar-refractivity contribution in [3.8, 4) is 0 Å². The van der Waals surface area contributed by atoms with Crippen molar-refractivity contribution < 1.29 is 4.74 Å². The van der Waals surface area contributed by atoms with E-state index >= 15 is 0 Å². The summed E-state index contributed by atoms with van der Waals surface area (Å²) >= 11 is 0. The lowest BCUT2D eigenvalue weighted by Crippen LogP contribution is -2.36. The second-order valence-electron chi connectivity index (χ2n) is 5.87. The fourth-order valence-corrected chi connectivity index (χ4v) is 1.85. The molecule has 0 aromatic carbocycles. The zero-order valence-corrected chi connectivity index (χ0v) is 10.8. The van der Waals surface area contributed by atoms with Crippen LogP contribution in [0.1, 0.15) is 46.5 Å². The van der Waals surface area contributed by atoms with E-state index in [-0.39, 0.29) is 0 Å². The van der Waals surface area contributed by atoms with Crippen molar-refractivity contribution >= 4 is 0 Å². The van der Waals surface area contributed by atoms with Crippen LogP contribution in [0.3, 0.4) is 0 Å². The molecule has 0 bridgehead atoms. The molecule has 2 heteroatoms. The van der Waals surface area contributed by atoms with Gasteiger partial charge in [-0.15, -0.1) is 0 Å². The topological polar surface area (TPSA) is 21.3 Å². The average molecular weight is 213 g/mol. The molecule has 1 aliphatic carbocycles. The van der Waals surface area contributed by atoms with Gasteiger partial charge in [0.1, 0.15) is 0 Å². The predicted octanol–water partition coefficient (Wildman–Crippen LogP) is 2.83. The van der Waals surface area contributed by atoms with Gasteiger partial charge < -0.3 is 10.1 Å². The van der Waals surface area contributed by atoms with E-state index in [0.29, 0.717) is 11.5 Å². The number of nitrogens with one attached hydrogen (secondary N) is 1. The van der Waals surface area contributed by atoms with E-state index < -0.39 is 0 Å². The van der Waals surface area contributed by atoms with Crippen LogP contribution in [0.2, 0.25) is 0 Å². The Bertz CT molecular complexity index is 175. The van der Waals surface area contributed by atoms with Gasteiger partial charge in [-0.1, -0.05) is 26.7 Å². The molecule has 1 fully saturated rings. The molecule has 90 valence electrons. The lowest BCUT2D eigenvalue weighted by molar-refractivity contribution is 0.149. The van der Waals surface area contributed by atoms with Crippen LogP contribution in [0, 0.1) is 11.3 Å². The maximum absolute atomic E-state index is 5.13. The third-order valence-electron chi connectivity index (χ3n) is 3.30. The van der Waals surface area contributed by atoms with Crippen molar-refractivity contribution in [2.24, 2.45) is 11.3 Å². The van der Waals surface area contributed by atoms with Crippen LogP contribution in [-0.2, 0) is 4.74 Å². The van der Waals surface area contributed by atoms with Crippen LogP contribution in [0.15, 0.2) is 0 Å². The quantitative estimate of drug-likeness (QED) is 0.669. The van der Waals surface area contributed by atoms with E-state index in [1.807, 2.05) is 0 Å². The van der Waals surface area contributed by atoms with E-state index in [2.05, 4.69) is 26.1 Å². The van der Waals surface area contributed by atoms with Gasteiger partial charge in [-0.2, -0.15) is 0 Å². The molecule has 0 aromatic heterocycles. The average Bonchev–Trinajstić information content (AvgIpc) is 2.96. The Morgan fingerprint density at radius 1 is 1.40 bits per heavy atom. The second kappa shape index (κ2) is 5.86. The van der Waals surface area contributed by atoms with Crippen molar-refractivity contribution in [2.75, 3.05) is 20.3 Å². The Kier molecular flexibility index (Phi) is 5.07. The molecule has 1 saturated carbocycles. The van der Waals surface area contributed by atoms with Crippen molar-refractivity contribution in [3.05, 3.63) is 0 Å². The molecule has 15 heavy (non-hydrogen) atoms. The molecule has 0 saturated heterocycles. The zero-order valence-electron chi connectivity index (χ0n) is 10.8. The monoisotopic (exact) mass is 213 g/mol. The summed E-state index contributed by atoms with van der Waals surface area (Å²) in [4.78, 5) is 0. The molecule has 2 nitrogen and oxygen atoms in total. The van der Waals surface area contributed by atoms with Gasteiger partial charge in [-0.3, -0.25) is 0 Å². The highest BCUT2D eigenvalue weighted by Gasteiger charge is 2.24. The molecular weight excluding hydrogens is 186 g/mol. The smallest absolute Gasteiger partial charge is 0.0467 e. The van der Waals surface area contributed by atoms with Gasteiger partial charge >= 0.3 is 0 Å². The Hall–Kier alpha value is -0.0800. The van der Waals surface area contributed by atoms with Gasteiger partial charge in [0.05, 0.1) is 0 Å². The van der Waals surface area contributed by atoms with Crippen LogP contribution < -0.4 is 5.32 Å². The van der Waals surface area contributed by atoms with E-state index in [4.69, 9.17) is 4.74 Å². The SMILES string of the molecule is COCCC(C)(C)CNC(C)CC1CC1. The normalized spacial score (nSPS) is 19.2. The fraction of sp³-hybridized carbons (Fsp3) is 1.00. The summed E-state index contributed by atoms with van der Waals surface area (Å²) in [6.45, 7) is 8.90. The van der Waals surface area contributed by atoms with Crippen LogP contribution in [-0.4, -0.2) is 26.3 Å². The summed E-state index contributed by atoms with van der Waals surface area (Å²) < 4.78 is 5.13. The van der Waals surface area contributed by atoms with Crippen molar-refractivity contribution in [3.63, 3.8) is 0 Å². The maximum atomic E-state index is 5.13. The standard InChI is InChI=1S/C13H27NO/c1-11(9-12-5-6-12)14-10-13(2,3)7-8-15-4/h11-12,14H,5-10H2,1-4H3. The summed E-state index contributed by atoms with van der Waals surface area (Å²) in [5.41, 5.74) is 0.355. The zero-order chi connectivity index (χ0) is 11.3. The van der Waals surface area contributed by atoms with Crippen LogP contribution in [0.4, 0.5) is 0 Å². The number of hydrogen-bond donors (Lipinski definition) is 1. The lowest BCUT2D eigenvalue weighted by atomic mass is 9.89. The first-order valence-corrected chi connectivity index (χ1v) is 6.26. The highest BCUT2D eigenvalue weighted by molar-refractivity contribution is 4.80. The van der Waals surface area contributed by atoms with Gasteiger partial charge in [-0.05, 0) is 31.1 Å². The lowest BCUT2D eigenvalue weighted by Gasteiger charge is -2.27. The Morgan fingerprint density at radius 2 is 2.07 bits per heavy atom. The largest absolute Gasteiger partial charge is 0.385 e. The minimum absolute atomic E-state index is 0.355. The number of ether oxygens (including phenoxy) is 1. The first-order chi connectivity index (χ1) is 7.03. The number of hydrogen-bond acceptors (Lipinski definition) is 2. The van der Waals surface area contributed by atoms with Gasteiger partial charge in [-0.25, -0.2) is 0 Å². The third-order valence-corrected chi connectivity index (χ3v) is 3.30. The number of methoxy groups -OCH3 is 1. The maximum Gasteiger partial charge on any atom is 0.0467 e. The molecule has 1 atom stereocenters. The van der Waals surface area contributed by atoms with Gasteiger partial charge in [0.25, 0.3) is 0 Å². The highest BCUT2D eigenvalue weighted by Crippen LogP contribution is 2.33. The Balaban J connectivity index is 2.09. The minimum atomic E-state index is 0.355. The van der Waals surface area contributed by atoms with Crippen LogP contribution in [0.5, 0.6) is 0 Å². The van der Waals surface area contributed by atoms with Crippen LogP contribution >= 0.6 is 0 Å². The first kappa shape index (κ1) is 13.0. The van der Waals surface area contributed by atoms with E-state index in [0.717, 1.165) is 25.5 Å². The summed E-state index contributed by atoms with van der Waals surface area (Å²) in [7, 11) is 1.78. The molecular formula is C13H27NO. The van der Waals surface area contributed by atoms with Crippen LogP contribution in [0.25, 0.3) is 0 Å². The molecule has 0 aliphatic heterocycles. The van der Waals surface area contributed by atoms with E-state index in [9.17, 15) is 0 Å². The predicted molar refractivity (Wildman–Crippen MR) is 65.1 cm³/mol. The van der Waals surface area contributed by atoms with E-state index in [1.165, 1.54) is 19.3 Å². The summed E-state index contributed by atoms with van der Waals surface area (Å²) in [6.07, 6.45) is 5.41. The molecule has 0 amide bonds. The van der Waals surface area contributed by atoms with Gasteiger partial charge in [0, 0.05) is 26.3 Å². The molecule has 1 unspecified atom stereocenters. The molecule has 0 aromatic rings. The molecule has 0 spiro atoms. The third kappa shape index (κ3) is 6.16. The molecule has 1 N–H and O–H groups in total. The highest BCUT2D eigenvalue weighted by atomic mass is 16.5. The molecule has 0 radical (unpaired) electrons. The fourth-order valence-electron chi connectivity index (χ4n) is 1.85. The first-order valence-electron chi connectivity index (χ1n) is 6.26. The number of rotatable bonds is 8. The Morgan fingerprint density at radius 3 is 2.60 bits per heavy atom. The van der Waals surface area contributed by atoms with Gasteiger partial charge in [0.2, 0.25) is 0 Å². The molecule has 1 rings (SSSR count). The van der Waals surface area contributed by atoms with Crippen molar-refractivity contribution in [2.45, 2.75) is 52.5 Å². The van der Waals surface area contributed by atoms with Crippen molar-refractivity contribution in [1.29, 1.82) is 0 Å². The molecule has 1 aliphatic rings. The van der Waals surface area contributed by atoms with Gasteiger partial charge in [0.15, 0.2) is 0 Å². The molecule has 0 heterocycles. The second-order valence-corrected chi connectivity index (χ2v) is 5.87. The Labute approximate surface area is 94.8 Å². The summed E-state index contributed by atoms with van der Waals surface area (Å²) in [5.74, 6) is 1.02. The summed E-state index contributed by atoms with van der Waals surface area (Å²) in [6, 6.07) is 0.680.